The van der Waals surface area contributed by atoms with Gasteiger partial charge in [-0.2, -0.15) is 18.3 Å². The summed E-state index contributed by atoms with van der Waals surface area (Å²) in [5.41, 5.74) is 1.09. The van der Waals surface area contributed by atoms with Crippen LogP contribution < -0.4 is 10.6 Å². The molecule has 2 aromatic carbocycles. The van der Waals surface area contributed by atoms with E-state index in [1.165, 1.54) is 18.2 Å². The van der Waals surface area contributed by atoms with Crippen LogP contribution in [0.5, 0.6) is 0 Å². The summed E-state index contributed by atoms with van der Waals surface area (Å²) in [6.45, 7) is 0.521. The molecule has 4 aromatic rings. The van der Waals surface area contributed by atoms with Gasteiger partial charge in [0.05, 0.1) is 30.0 Å². The Labute approximate surface area is 226 Å². The molecule has 1 unspecified atom stereocenters. The highest BCUT2D eigenvalue weighted by molar-refractivity contribution is 6.12. The quantitative estimate of drug-likeness (QED) is 0.328. The molecule has 0 spiro atoms. The van der Waals surface area contributed by atoms with Crippen molar-refractivity contribution in [3.63, 3.8) is 0 Å². The molecule has 1 aliphatic heterocycles. The number of pyridine rings is 1. The number of ketones is 1. The largest absolute Gasteiger partial charge is 0.465 e. The fourth-order valence-electron chi connectivity index (χ4n) is 4.58. The number of rotatable bonds is 7. The van der Waals surface area contributed by atoms with Crippen molar-refractivity contribution in [1.82, 2.24) is 20.1 Å². The summed E-state index contributed by atoms with van der Waals surface area (Å²) < 4.78 is 45.6. The average Bonchev–Trinajstić information content (AvgIpc) is 3.61. The van der Waals surface area contributed by atoms with Gasteiger partial charge < -0.3 is 10.1 Å². The Bertz CT molecular complexity index is 1580. The van der Waals surface area contributed by atoms with Gasteiger partial charge in [-0.05, 0) is 53.6 Å². The summed E-state index contributed by atoms with van der Waals surface area (Å²) in [5, 5.41) is 10.0. The van der Waals surface area contributed by atoms with Crippen LogP contribution in [-0.4, -0.2) is 39.5 Å². The van der Waals surface area contributed by atoms with Gasteiger partial charge >= 0.3 is 12.1 Å². The van der Waals surface area contributed by atoms with E-state index in [0.29, 0.717) is 18.4 Å². The molecule has 9 nitrogen and oxygen atoms in total. The van der Waals surface area contributed by atoms with Crippen molar-refractivity contribution in [2.24, 2.45) is 0 Å². The molecule has 1 amide bonds. The first-order valence-corrected chi connectivity index (χ1v) is 12.1. The minimum Gasteiger partial charge on any atom is -0.465 e. The summed E-state index contributed by atoms with van der Waals surface area (Å²) in [4.78, 5) is 42.5. The highest BCUT2D eigenvalue weighted by atomic mass is 19.4. The van der Waals surface area contributed by atoms with Crippen molar-refractivity contribution in [2.75, 3.05) is 12.4 Å². The second-order valence-electron chi connectivity index (χ2n) is 9.00. The van der Waals surface area contributed by atoms with Crippen molar-refractivity contribution in [3.8, 4) is 11.3 Å². The lowest BCUT2D eigenvalue weighted by Gasteiger charge is -2.15. The predicted octanol–water partition coefficient (Wildman–Crippen LogP) is 4.42. The van der Waals surface area contributed by atoms with E-state index in [2.05, 4.69) is 20.7 Å². The number of methoxy groups -OCH3 is 1. The Kier molecular flexibility index (Phi) is 7.18. The number of alkyl halides is 3. The third-order valence-corrected chi connectivity index (χ3v) is 6.47. The lowest BCUT2D eigenvalue weighted by atomic mass is 9.96. The molecule has 3 heterocycles. The SMILES string of the molecule is COC(=O)c1cccc(C(=O)Nc2ccc3c(c2)CNC3C(=O)Cn2cccn2)c1-c1ccc(C(F)(F)F)cn1. The van der Waals surface area contributed by atoms with E-state index in [0.717, 1.165) is 30.4 Å². The van der Waals surface area contributed by atoms with Crippen molar-refractivity contribution in [3.05, 3.63) is 101 Å². The zero-order chi connectivity index (χ0) is 28.4. The predicted molar refractivity (Wildman–Crippen MR) is 137 cm³/mol. The molecular formula is C28H22F3N5O4. The van der Waals surface area contributed by atoms with E-state index < -0.39 is 29.7 Å². The molecule has 0 radical (unpaired) electrons. The second-order valence-corrected chi connectivity index (χ2v) is 9.00. The zero-order valence-corrected chi connectivity index (χ0v) is 21.0. The topological polar surface area (TPSA) is 115 Å². The molecule has 0 bridgehead atoms. The monoisotopic (exact) mass is 549 g/mol. The van der Waals surface area contributed by atoms with Crippen LogP contribution in [0.15, 0.2) is 73.2 Å². The number of carbonyl (C=O) groups excluding carboxylic acids is 3. The molecule has 204 valence electrons. The van der Waals surface area contributed by atoms with Crippen LogP contribution in [0.4, 0.5) is 18.9 Å². The maximum atomic E-state index is 13.4. The number of nitrogens with zero attached hydrogens (tertiary/aromatic N) is 3. The summed E-state index contributed by atoms with van der Waals surface area (Å²) in [6, 6.07) is 12.6. The first kappa shape index (κ1) is 26.8. The normalized spacial score (nSPS) is 14.4. The molecule has 0 saturated heterocycles. The number of aromatic nitrogens is 3. The molecule has 0 saturated carbocycles. The number of Topliss-reactive ketones (excluding diaryl/α,β-unsaturated/α-hetero) is 1. The molecule has 0 fully saturated rings. The number of ether oxygens (including phenoxy) is 1. The van der Waals surface area contributed by atoms with Gasteiger partial charge in [-0.25, -0.2) is 4.79 Å². The summed E-state index contributed by atoms with van der Waals surface area (Å²) >= 11 is 0. The molecule has 5 rings (SSSR count). The third kappa shape index (κ3) is 5.34. The van der Waals surface area contributed by atoms with E-state index in [1.54, 1.807) is 41.3 Å². The highest BCUT2D eigenvalue weighted by Gasteiger charge is 2.32. The lowest BCUT2D eigenvalue weighted by molar-refractivity contribution is -0.137. The van der Waals surface area contributed by atoms with Crippen LogP contribution in [0.2, 0.25) is 0 Å². The maximum Gasteiger partial charge on any atom is 0.417 e. The third-order valence-electron chi connectivity index (χ3n) is 6.47. The first-order valence-electron chi connectivity index (χ1n) is 12.1. The van der Waals surface area contributed by atoms with Crippen LogP contribution in [0, 0.1) is 0 Å². The number of fused-ring (bicyclic) bond motifs is 1. The van der Waals surface area contributed by atoms with Crippen LogP contribution >= 0.6 is 0 Å². The summed E-state index contributed by atoms with van der Waals surface area (Å²) in [7, 11) is 1.16. The van der Waals surface area contributed by atoms with E-state index in [4.69, 9.17) is 4.74 Å². The van der Waals surface area contributed by atoms with Gasteiger partial charge in [0.1, 0.15) is 6.54 Å². The molecule has 2 aromatic heterocycles. The number of benzene rings is 2. The Balaban J connectivity index is 1.42. The number of esters is 1. The Morgan fingerprint density at radius 1 is 1.10 bits per heavy atom. The van der Waals surface area contributed by atoms with E-state index in [9.17, 15) is 27.6 Å². The summed E-state index contributed by atoms with van der Waals surface area (Å²) in [5.74, 6) is -1.45. The average molecular weight is 550 g/mol. The first-order chi connectivity index (χ1) is 19.2. The molecule has 40 heavy (non-hydrogen) atoms. The Morgan fingerprint density at radius 2 is 1.90 bits per heavy atom. The van der Waals surface area contributed by atoms with Crippen molar-refractivity contribution >= 4 is 23.3 Å². The molecule has 2 N–H and O–H groups in total. The van der Waals surface area contributed by atoms with Gasteiger partial charge in [0.15, 0.2) is 5.78 Å². The number of hydrogen-bond donors (Lipinski definition) is 2. The fraction of sp³-hybridized carbons (Fsp3) is 0.179. The molecule has 1 atom stereocenters. The number of nitrogens with one attached hydrogen (secondary N) is 2. The second kappa shape index (κ2) is 10.7. The standard InChI is InChI=1S/C28H22F3N5O4/c1-40-27(39)21-5-2-4-20(24(21)22-9-6-17(14-32-22)28(29,30)31)26(38)35-18-7-8-19-16(12-18)13-33-25(19)23(37)15-36-11-3-10-34-36/h2-12,14,25,33H,13,15H2,1H3,(H,35,38). The van der Waals surface area contributed by atoms with Gasteiger partial charge in [-0.3, -0.25) is 24.6 Å². The highest BCUT2D eigenvalue weighted by Crippen LogP contribution is 2.33. The number of amides is 1. The van der Waals surface area contributed by atoms with E-state index in [-0.39, 0.29) is 34.7 Å². The smallest absolute Gasteiger partial charge is 0.417 e. The molecule has 0 aliphatic carbocycles. The van der Waals surface area contributed by atoms with Gasteiger partial charge in [-0.15, -0.1) is 0 Å². The van der Waals surface area contributed by atoms with Crippen LogP contribution in [0.3, 0.4) is 0 Å². The number of halogens is 3. The van der Waals surface area contributed by atoms with Crippen molar-refractivity contribution in [1.29, 1.82) is 0 Å². The molecule has 12 heteroatoms. The number of carbonyl (C=O) groups is 3. The van der Waals surface area contributed by atoms with Crippen molar-refractivity contribution < 1.29 is 32.3 Å². The minimum absolute atomic E-state index is 0.00385. The van der Waals surface area contributed by atoms with E-state index >= 15 is 0 Å². The Hall–Kier alpha value is -4.84. The minimum atomic E-state index is -4.60. The fourth-order valence-corrected chi connectivity index (χ4v) is 4.58. The number of anilines is 1. The van der Waals surface area contributed by atoms with Crippen LogP contribution in [-0.2, 0) is 28.8 Å². The maximum absolute atomic E-state index is 13.4. The zero-order valence-electron chi connectivity index (χ0n) is 21.0. The van der Waals surface area contributed by atoms with Crippen LogP contribution in [0.1, 0.15) is 43.4 Å². The Morgan fingerprint density at radius 3 is 2.58 bits per heavy atom. The van der Waals surface area contributed by atoms with E-state index in [1.807, 2.05) is 0 Å². The van der Waals surface area contributed by atoms with Gasteiger partial charge in [0, 0.05) is 41.9 Å². The molecule has 1 aliphatic rings. The van der Waals surface area contributed by atoms with Gasteiger partial charge in [0.2, 0.25) is 0 Å². The lowest BCUT2D eigenvalue weighted by Crippen LogP contribution is -2.25. The number of hydrogen-bond acceptors (Lipinski definition) is 7. The van der Waals surface area contributed by atoms with Gasteiger partial charge in [0.25, 0.3) is 5.91 Å². The molecular weight excluding hydrogens is 527 g/mol. The van der Waals surface area contributed by atoms with Gasteiger partial charge in [-0.1, -0.05) is 12.1 Å². The van der Waals surface area contributed by atoms with Crippen molar-refractivity contribution in [2.45, 2.75) is 25.3 Å². The summed E-state index contributed by atoms with van der Waals surface area (Å²) in [6.07, 6.45) is -0.657. The van der Waals surface area contributed by atoms with Crippen LogP contribution in [0.25, 0.3) is 11.3 Å².